The lowest BCUT2D eigenvalue weighted by molar-refractivity contribution is -0.318. The van der Waals surface area contributed by atoms with Crippen molar-refractivity contribution in [2.24, 2.45) is 23.7 Å². The van der Waals surface area contributed by atoms with Crippen LogP contribution in [0.15, 0.2) is 59.3 Å². The van der Waals surface area contributed by atoms with Gasteiger partial charge in [0.05, 0.1) is 49.3 Å². The van der Waals surface area contributed by atoms with E-state index in [1.54, 1.807) is 40.2 Å². The van der Waals surface area contributed by atoms with Crippen LogP contribution in [0.4, 0.5) is 0 Å². The first kappa shape index (κ1) is 46.7. The van der Waals surface area contributed by atoms with E-state index in [1.165, 1.54) is 0 Å². The Labute approximate surface area is 361 Å². The van der Waals surface area contributed by atoms with Crippen LogP contribution in [0.1, 0.15) is 87.5 Å². The first-order valence-corrected chi connectivity index (χ1v) is 22.3. The van der Waals surface area contributed by atoms with Crippen molar-refractivity contribution >= 4 is 5.97 Å². The van der Waals surface area contributed by atoms with Gasteiger partial charge < -0.3 is 62.7 Å². The number of carbonyl (C=O) groups excluding carboxylic acids is 1. The quantitative estimate of drug-likeness (QED) is 0.231. The average molecular weight is 859 g/mol. The SMILES string of the molecule is CO[C@H]1C[C@H](O[C@H]2[C@H](C)O[C@@H](O[C@@H]3/C(C)=C/C[C@@H]4C[C@@H](C[C@]5(C=C[C@H](C)C(C(C)C)O5)O4)OC(=O)[C@@H]4C=C(C)[C@@H](O)[C@H]5OC/C(=C\C=C\[C@@H]3C)[C@]54O)C[C@@H]2OC)O[C@@H](C)[C@@H]1O. The predicted molar refractivity (Wildman–Crippen MR) is 223 cm³/mol. The highest BCUT2D eigenvalue weighted by Gasteiger charge is 2.60. The molecule has 0 aromatic carbocycles. The first-order chi connectivity index (χ1) is 29.0. The van der Waals surface area contributed by atoms with Gasteiger partial charge in [-0.25, -0.2) is 0 Å². The van der Waals surface area contributed by atoms with Gasteiger partial charge in [0.15, 0.2) is 18.4 Å². The summed E-state index contributed by atoms with van der Waals surface area (Å²) in [6.07, 6.45) is 7.54. The molecule has 0 radical (unpaired) electrons. The minimum Gasteiger partial charge on any atom is -0.462 e. The lowest BCUT2D eigenvalue weighted by Gasteiger charge is -2.48. The van der Waals surface area contributed by atoms with E-state index in [-0.39, 0.29) is 42.7 Å². The number of esters is 1. The second kappa shape index (κ2) is 19.0. The Bertz CT molecular complexity index is 1710. The van der Waals surface area contributed by atoms with Crippen LogP contribution in [0.3, 0.4) is 0 Å². The highest BCUT2D eigenvalue weighted by Crippen LogP contribution is 2.47. The maximum Gasteiger partial charge on any atom is 0.316 e. The van der Waals surface area contributed by atoms with Gasteiger partial charge in [0.1, 0.15) is 42.0 Å². The van der Waals surface area contributed by atoms with Gasteiger partial charge in [-0.05, 0) is 62.8 Å². The molecule has 342 valence electrons. The van der Waals surface area contributed by atoms with Crippen LogP contribution < -0.4 is 0 Å². The van der Waals surface area contributed by atoms with Gasteiger partial charge in [-0.3, -0.25) is 4.79 Å². The van der Waals surface area contributed by atoms with E-state index < -0.39 is 90.8 Å². The minimum absolute atomic E-state index is 0.0313. The molecule has 0 saturated carbocycles. The van der Waals surface area contributed by atoms with Crippen LogP contribution in [0.2, 0.25) is 0 Å². The average Bonchev–Trinajstić information content (AvgIpc) is 3.56. The molecule has 61 heavy (non-hydrogen) atoms. The van der Waals surface area contributed by atoms with Crippen LogP contribution in [-0.4, -0.2) is 139 Å². The molecule has 2 bridgehead atoms. The molecule has 1 aliphatic carbocycles. The fourth-order valence-electron chi connectivity index (χ4n) is 10.4. The molecule has 7 aliphatic rings. The molecule has 7 rings (SSSR count). The Morgan fingerprint density at radius 2 is 1.56 bits per heavy atom. The molecule has 19 atom stereocenters. The van der Waals surface area contributed by atoms with Crippen molar-refractivity contribution in [1.29, 1.82) is 0 Å². The molecule has 6 aliphatic heterocycles. The molecular weight excluding hydrogens is 789 g/mol. The van der Waals surface area contributed by atoms with Gasteiger partial charge in [-0.1, -0.05) is 64.2 Å². The summed E-state index contributed by atoms with van der Waals surface area (Å²) in [4.78, 5) is 14.3. The van der Waals surface area contributed by atoms with E-state index in [4.69, 9.17) is 47.4 Å². The van der Waals surface area contributed by atoms with Gasteiger partial charge in [-0.2, -0.15) is 0 Å². The van der Waals surface area contributed by atoms with Crippen molar-refractivity contribution in [1.82, 2.24) is 0 Å². The Kier molecular flexibility index (Phi) is 14.6. The monoisotopic (exact) mass is 858 g/mol. The fraction of sp³-hybridized carbons (Fsp3) is 0.766. The summed E-state index contributed by atoms with van der Waals surface area (Å²) in [6, 6.07) is 0. The minimum atomic E-state index is -1.83. The molecule has 3 N–H and O–H groups in total. The standard InChI is InChI=1S/C47H70O14/c1-24(2)41-27(5)16-17-46(61-41)22-33-19-32(60-46)15-14-26(4)42(25(3)12-11-13-31-23-54-44-39(48)28(6)18-34(45(50)57-33)47(31,44)51)58-38-21-36(53-10)43(30(8)56-38)59-37-20-35(52-9)40(49)29(7)55-37/h11-14,16-18,24-25,27,29-30,32-44,48-49,51H,15,19-23H2,1-10H3/b12-11+,26-14+,31-13+/t25-,27-,29-,30-,32+,33-,34-,35-,36-,37-,38-,39+,40-,41?,42-,43-,44+,46+,47+/m0/s1. The van der Waals surface area contributed by atoms with Gasteiger partial charge in [-0.15, -0.1) is 0 Å². The number of allylic oxidation sites excluding steroid dienone is 2. The topological polar surface area (TPSA) is 170 Å². The normalized spacial score (nSPS) is 49.3. The lowest BCUT2D eigenvalue weighted by Crippen LogP contribution is -2.58. The predicted octanol–water partition coefficient (Wildman–Crippen LogP) is 4.99. The van der Waals surface area contributed by atoms with Crippen LogP contribution in [0.5, 0.6) is 0 Å². The van der Waals surface area contributed by atoms with Gasteiger partial charge in [0.25, 0.3) is 0 Å². The number of methoxy groups -OCH3 is 2. The molecule has 14 heteroatoms. The Morgan fingerprint density at radius 3 is 2.28 bits per heavy atom. The summed E-state index contributed by atoms with van der Waals surface area (Å²) in [6.45, 7) is 16.0. The molecule has 1 spiro atoms. The van der Waals surface area contributed by atoms with Crippen molar-refractivity contribution in [3.05, 3.63) is 59.3 Å². The van der Waals surface area contributed by atoms with Crippen molar-refractivity contribution in [3.8, 4) is 0 Å². The molecule has 4 saturated heterocycles. The van der Waals surface area contributed by atoms with Crippen LogP contribution in [-0.2, 0) is 52.2 Å². The van der Waals surface area contributed by atoms with Gasteiger partial charge in [0.2, 0.25) is 0 Å². The number of ether oxygens (including phenoxy) is 10. The number of hydrogen-bond donors (Lipinski definition) is 3. The van der Waals surface area contributed by atoms with Crippen molar-refractivity contribution in [3.63, 3.8) is 0 Å². The number of rotatable bonds is 7. The summed E-state index contributed by atoms with van der Waals surface area (Å²) in [5.41, 5.74) is 0.129. The molecule has 6 heterocycles. The van der Waals surface area contributed by atoms with Crippen LogP contribution in [0.25, 0.3) is 0 Å². The number of aliphatic hydroxyl groups is 3. The highest BCUT2D eigenvalue weighted by molar-refractivity contribution is 5.78. The van der Waals surface area contributed by atoms with E-state index in [0.29, 0.717) is 43.3 Å². The maximum atomic E-state index is 14.3. The third kappa shape index (κ3) is 9.58. The Morgan fingerprint density at radius 1 is 0.852 bits per heavy atom. The molecule has 0 amide bonds. The van der Waals surface area contributed by atoms with Crippen molar-refractivity contribution in [2.75, 3.05) is 20.8 Å². The molecule has 0 aromatic rings. The third-order valence-electron chi connectivity index (χ3n) is 14.0. The maximum absolute atomic E-state index is 14.3. The molecule has 0 aromatic heterocycles. The number of aliphatic hydroxyl groups excluding tert-OH is 2. The summed E-state index contributed by atoms with van der Waals surface area (Å²) in [5, 5.41) is 34.2. The van der Waals surface area contributed by atoms with E-state index in [2.05, 4.69) is 39.8 Å². The van der Waals surface area contributed by atoms with Gasteiger partial charge in [0, 0.05) is 51.7 Å². The summed E-state index contributed by atoms with van der Waals surface area (Å²) < 4.78 is 63.5. The summed E-state index contributed by atoms with van der Waals surface area (Å²) in [5.74, 6) is -2.62. The second-order valence-electron chi connectivity index (χ2n) is 18.8. The zero-order chi connectivity index (χ0) is 44.0. The first-order valence-electron chi connectivity index (χ1n) is 22.3. The van der Waals surface area contributed by atoms with Gasteiger partial charge >= 0.3 is 5.97 Å². The Hall–Kier alpha value is -2.31. The number of carbonyl (C=O) groups is 1. The van der Waals surface area contributed by atoms with Crippen molar-refractivity contribution in [2.45, 2.75) is 185 Å². The highest BCUT2D eigenvalue weighted by atomic mass is 16.7. The third-order valence-corrected chi connectivity index (χ3v) is 14.0. The van der Waals surface area contributed by atoms with E-state index >= 15 is 0 Å². The number of hydrogen-bond acceptors (Lipinski definition) is 14. The van der Waals surface area contributed by atoms with E-state index in [1.807, 2.05) is 32.1 Å². The molecule has 1 unspecified atom stereocenters. The van der Waals surface area contributed by atoms with Crippen LogP contribution >= 0.6 is 0 Å². The fourth-order valence-corrected chi connectivity index (χ4v) is 10.4. The largest absolute Gasteiger partial charge is 0.462 e. The van der Waals surface area contributed by atoms with Crippen molar-refractivity contribution < 1.29 is 67.5 Å². The molecular formula is C47H70O14. The molecule has 14 nitrogen and oxygen atoms in total. The zero-order valence-corrected chi connectivity index (χ0v) is 37.5. The van der Waals surface area contributed by atoms with E-state index in [0.717, 1.165) is 5.57 Å². The van der Waals surface area contributed by atoms with E-state index in [9.17, 15) is 20.1 Å². The Balaban J connectivity index is 1.18. The summed E-state index contributed by atoms with van der Waals surface area (Å²) in [7, 11) is 3.22. The van der Waals surface area contributed by atoms with Crippen LogP contribution in [0, 0.1) is 23.7 Å². The second-order valence-corrected chi connectivity index (χ2v) is 18.8. The summed E-state index contributed by atoms with van der Waals surface area (Å²) >= 11 is 0. The molecule has 4 fully saturated rings. The lowest BCUT2D eigenvalue weighted by atomic mass is 9.71. The zero-order valence-electron chi connectivity index (χ0n) is 37.5. The smallest absolute Gasteiger partial charge is 0.316 e. The number of fused-ring (bicyclic) bond motifs is 2.